The lowest BCUT2D eigenvalue weighted by atomic mass is 10.2. The first-order valence-corrected chi connectivity index (χ1v) is 6.80. The first-order chi connectivity index (χ1) is 10.7. The number of carbonyl (C=O) groups is 2. The summed E-state index contributed by atoms with van der Waals surface area (Å²) < 4.78 is 35.8. The van der Waals surface area contributed by atoms with E-state index >= 15 is 0 Å². The Morgan fingerprint density at radius 2 is 1.83 bits per heavy atom. The quantitative estimate of drug-likeness (QED) is 0.596. The Balaban J connectivity index is 2.45. The summed E-state index contributed by atoms with van der Waals surface area (Å²) in [7, 11) is 0. The Labute approximate surface area is 131 Å². The van der Waals surface area contributed by atoms with Gasteiger partial charge in [-0.1, -0.05) is 0 Å². The summed E-state index contributed by atoms with van der Waals surface area (Å²) in [5.74, 6) is -1.15. The van der Waals surface area contributed by atoms with Crippen LogP contribution in [0.25, 0.3) is 0 Å². The molecule has 1 atom stereocenters. The van der Waals surface area contributed by atoms with Gasteiger partial charge in [0.15, 0.2) is 0 Å². The van der Waals surface area contributed by atoms with Gasteiger partial charge in [0.05, 0.1) is 13.2 Å². The maximum absolute atomic E-state index is 11.9. The number of alkyl halides is 3. The molecule has 1 rings (SSSR count). The molecule has 1 aromatic carbocycles. The van der Waals surface area contributed by atoms with Gasteiger partial charge in [-0.15, -0.1) is 0 Å². The smallest absolute Gasteiger partial charge is 0.394 e. The molecule has 9 heteroatoms. The molecule has 128 valence electrons. The number of aliphatic hydroxyl groups is 1. The zero-order valence-corrected chi connectivity index (χ0v) is 12.4. The summed E-state index contributed by atoms with van der Waals surface area (Å²) in [5.41, 5.74) is 0.844. The third-order valence-electron chi connectivity index (χ3n) is 2.74. The normalized spacial score (nSPS) is 12.4. The number of carbonyl (C=O) groups excluding carboxylic acids is 2. The molecule has 0 heterocycles. The maximum atomic E-state index is 11.9. The van der Waals surface area contributed by atoms with Crippen LogP contribution >= 0.6 is 0 Å². The molecule has 0 aliphatic rings. The first-order valence-electron chi connectivity index (χ1n) is 6.80. The summed E-state index contributed by atoms with van der Waals surface area (Å²) in [4.78, 5) is 23.0. The van der Waals surface area contributed by atoms with Crippen LogP contribution in [0.2, 0.25) is 0 Å². The van der Waals surface area contributed by atoms with Crippen molar-refractivity contribution in [2.24, 2.45) is 0 Å². The number of halogens is 3. The van der Waals surface area contributed by atoms with Gasteiger partial charge in [-0.3, -0.25) is 9.59 Å². The molecule has 0 fully saturated rings. The minimum Gasteiger partial charge on any atom is -0.394 e. The molecule has 0 aromatic heterocycles. The van der Waals surface area contributed by atoms with E-state index < -0.39 is 18.6 Å². The fourth-order valence-electron chi connectivity index (χ4n) is 1.54. The van der Waals surface area contributed by atoms with E-state index in [9.17, 15) is 22.8 Å². The molecule has 0 unspecified atom stereocenters. The standard InChI is InChI=1S/C14H18F3N3O3/c1-9(7-21)20-13(23)10-2-4-11(5-3-10)18-6-12(22)19-8-14(15,16)17/h2-5,9,18,21H,6-8H2,1H3,(H,19,22)(H,20,23)/t9-/m1/s1. The predicted octanol–water partition coefficient (Wildman–Crippen LogP) is 0.888. The van der Waals surface area contributed by atoms with E-state index in [0.717, 1.165) is 0 Å². The third kappa shape index (κ3) is 7.50. The number of amides is 2. The molecule has 0 bridgehead atoms. The van der Waals surface area contributed by atoms with Crippen molar-refractivity contribution in [2.45, 2.75) is 19.1 Å². The van der Waals surface area contributed by atoms with Gasteiger partial charge in [-0.2, -0.15) is 13.2 Å². The maximum Gasteiger partial charge on any atom is 0.405 e. The summed E-state index contributed by atoms with van der Waals surface area (Å²) in [5, 5.41) is 15.8. The molecule has 0 radical (unpaired) electrons. The van der Waals surface area contributed by atoms with E-state index in [2.05, 4.69) is 10.6 Å². The number of hydrogen-bond acceptors (Lipinski definition) is 4. The van der Waals surface area contributed by atoms with E-state index in [1.165, 1.54) is 24.3 Å². The van der Waals surface area contributed by atoms with Crippen molar-refractivity contribution in [1.29, 1.82) is 0 Å². The van der Waals surface area contributed by atoms with Crippen molar-refractivity contribution in [1.82, 2.24) is 10.6 Å². The van der Waals surface area contributed by atoms with Gasteiger partial charge in [0, 0.05) is 17.3 Å². The molecule has 2 amide bonds. The third-order valence-corrected chi connectivity index (χ3v) is 2.74. The topological polar surface area (TPSA) is 90.5 Å². The van der Waals surface area contributed by atoms with Crippen molar-refractivity contribution in [3.63, 3.8) is 0 Å². The van der Waals surface area contributed by atoms with E-state index in [4.69, 9.17) is 5.11 Å². The highest BCUT2D eigenvalue weighted by Crippen LogP contribution is 2.12. The van der Waals surface area contributed by atoms with E-state index in [1.807, 2.05) is 0 Å². The molecule has 4 N–H and O–H groups in total. The summed E-state index contributed by atoms with van der Waals surface area (Å²) in [6.07, 6.45) is -4.45. The van der Waals surface area contributed by atoms with Gasteiger partial charge in [-0.25, -0.2) is 0 Å². The second-order valence-corrected chi connectivity index (χ2v) is 4.88. The number of nitrogens with one attached hydrogen (secondary N) is 3. The molecule has 23 heavy (non-hydrogen) atoms. The minimum absolute atomic E-state index is 0.182. The highest BCUT2D eigenvalue weighted by molar-refractivity contribution is 5.94. The summed E-state index contributed by atoms with van der Waals surface area (Å²) in [6.45, 7) is -0.232. The van der Waals surface area contributed by atoms with Gasteiger partial charge in [-0.05, 0) is 31.2 Å². The first kappa shape index (κ1) is 18.8. The van der Waals surface area contributed by atoms with Gasteiger partial charge in [0.1, 0.15) is 6.54 Å². The van der Waals surface area contributed by atoms with Crippen molar-refractivity contribution < 1.29 is 27.9 Å². The zero-order valence-electron chi connectivity index (χ0n) is 12.4. The Bertz CT molecular complexity index is 532. The molecule has 0 saturated carbocycles. The Morgan fingerprint density at radius 1 is 1.22 bits per heavy atom. The predicted molar refractivity (Wildman–Crippen MR) is 78.0 cm³/mol. The van der Waals surface area contributed by atoms with Crippen LogP contribution in [-0.4, -0.2) is 48.8 Å². The zero-order chi connectivity index (χ0) is 17.5. The number of anilines is 1. The second kappa shape index (κ2) is 8.37. The lowest BCUT2D eigenvalue weighted by Gasteiger charge is -2.12. The van der Waals surface area contributed by atoms with Crippen LogP contribution in [0.5, 0.6) is 0 Å². The highest BCUT2D eigenvalue weighted by Gasteiger charge is 2.27. The van der Waals surface area contributed by atoms with Crippen molar-refractivity contribution >= 4 is 17.5 Å². The number of rotatable bonds is 7. The monoisotopic (exact) mass is 333 g/mol. The average molecular weight is 333 g/mol. The number of aliphatic hydroxyl groups excluding tert-OH is 1. The number of hydrogen-bond donors (Lipinski definition) is 4. The molecular weight excluding hydrogens is 315 g/mol. The van der Waals surface area contributed by atoms with Crippen LogP contribution in [0.3, 0.4) is 0 Å². The van der Waals surface area contributed by atoms with Crippen LogP contribution in [-0.2, 0) is 4.79 Å². The molecule has 0 spiro atoms. The fourth-order valence-corrected chi connectivity index (χ4v) is 1.54. The Morgan fingerprint density at radius 3 is 2.35 bits per heavy atom. The molecule has 0 aliphatic heterocycles. The van der Waals surface area contributed by atoms with Crippen LogP contribution in [0, 0.1) is 0 Å². The van der Waals surface area contributed by atoms with E-state index in [0.29, 0.717) is 11.3 Å². The van der Waals surface area contributed by atoms with Crippen molar-refractivity contribution in [2.75, 3.05) is 25.0 Å². The van der Waals surface area contributed by atoms with E-state index in [-0.39, 0.29) is 25.1 Å². The average Bonchev–Trinajstić information content (AvgIpc) is 2.50. The molecular formula is C14H18F3N3O3. The van der Waals surface area contributed by atoms with Crippen molar-refractivity contribution in [3.05, 3.63) is 29.8 Å². The molecule has 0 aliphatic carbocycles. The van der Waals surface area contributed by atoms with E-state index in [1.54, 1.807) is 12.2 Å². The molecule has 0 saturated heterocycles. The Kier molecular flexibility index (Phi) is 6.83. The fraction of sp³-hybridized carbons (Fsp3) is 0.429. The van der Waals surface area contributed by atoms with Gasteiger partial charge in [0.25, 0.3) is 5.91 Å². The number of benzene rings is 1. The van der Waals surface area contributed by atoms with Gasteiger partial charge in [0.2, 0.25) is 5.91 Å². The second-order valence-electron chi connectivity index (χ2n) is 4.88. The highest BCUT2D eigenvalue weighted by atomic mass is 19.4. The van der Waals surface area contributed by atoms with Crippen LogP contribution in [0.1, 0.15) is 17.3 Å². The largest absolute Gasteiger partial charge is 0.405 e. The molecule has 1 aromatic rings. The van der Waals surface area contributed by atoms with Crippen molar-refractivity contribution in [3.8, 4) is 0 Å². The van der Waals surface area contributed by atoms with Crippen LogP contribution in [0.4, 0.5) is 18.9 Å². The Hall–Kier alpha value is -2.29. The lowest BCUT2D eigenvalue weighted by molar-refractivity contribution is -0.137. The SMILES string of the molecule is C[C@H](CO)NC(=O)c1ccc(NCC(=O)NCC(F)(F)F)cc1. The van der Waals surface area contributed by atoms with Gasteiger partial charge >= 0.3 is 6.18 Å². The van der Waals surface area contributed by atoms with Gasteiger partial charge < -0.3 is 21.1 Å². The lowest BCUT2D eigenvalue weighted by Crippen LogP contribution is -2.37. The summed E-state index contributed by atoms with van der Waals surface area (Å²) >= 11 is 0. The molecule has 6 nitrogen and oxygen atoms in total. The van der Waals surface area contributed by atoms with Crippen LogP contribution < -0.4 is 16.0 Å². The van der Waals surface area contributed by atoms with Crippen LogP contribution in [0.15, 0.2) is 24.3 Å². The minimum atomic E-state index is -4.45. The summed E-state index contributed by atoms with van der Waals surface area (Å²) in [6, 6.07) is 5.66.